The average molecular weight is 212 g/mol. The first-order valence-corrected chi connectivity index (χ1v) is 5.63. The molecule has 1 aromatic rings. The molecule has 1 aromatic heterocycles. The van der Waals surface area contributed by atoms with Crippen molar-refractivity contribution < 1.29 is 5.11 Å². The van der Waals surface area contributed by atoms with Gasteiger partial charge in [-0.1, -0.05) is 19.3 Å². The van der Waals surface area contributed by atoms with Crippen molar-refractivity contribution in [2.45, 2.75) is 44.8 Å². The maximum atomic E-state index is 9.18. The SMILES string of the molecule is OCc1c[nH]c(=S)n1C1CCCCC1. The van der Waals surface area contributed by atoms with Gasteiger partial charge in [0.1, 0.15) is 0 Å². The Morgan fingerprint density at radius 1 is 1.43 bits per heavy atom. The largest absolute Gasteiger partial charge is 0.390 e. The summed E-state index contributed by atoms with van der Waals surface area (Å²) in [6.45, 7) is 0.0731. The van der Waals surface area contributed by atoms with E-state index in [-0.39, 0.29) is 6.61 Å². The van der Waals surface area contributed by atoms with E-state index in [1.807, 2.05) is 6.20 Å². The molecule has 2 rings (SSSR count). The summed E-state index contributed by atoms with van der Waals surface area (Å²) >= 11 is 5.22. The molecule has 0 saturated heterocycles. The second-order valence-electron chi connectivity index (χ2n) is 3.91. The van der Waals surface area contributed by atoms with E-state index < -0.39 is 0 Å². The fraction of sp³-hybridized carbons (Fsp3) is 0.700. The van der Waals surface area contributed by atoms with Gasteiger partial charge in [0.25, 0.3) is 0 Å². The van der Waals surface area contributed by atoms with Crippen LogP contribution >= 0.6 is 12.2 Å². The van der Waals surface area contributed by atoms with Gasteiger partial charge in [0.2, 0.25) is 0 Å². The van der Waals surface area contributed by atoms with E-state index in [9.17, 15) is 5.11 Å². The van der Waals surface area contributed by atoms with Crippen molar-refractivity contribution in [3.8, 4) is 0 Å². The second kappa shape index (κ2) is 4.28. The Kier molecular flexibility index (Phi) is 3.03. The molecule has 1 heterocycles. The van der Waals surface area contributed by atoms with Crippen LogP contribution in [-0.4, -0.2) is 14.7 Å². The molecule has 0 aromatic carbocycles. The first kappa shape index (κ1) is 9.93. The minimum Gasteiger partial charge on any atom is -0.390 e. The lowest BCUT2D eigenvalue weighted by Crippen LogP contribution is -2.15. The van der Waals surface area contributed by atoms with E-state index in [4.69, 9.17) is 12.2 Å². The van der Waals surface area contributed by atoms with Gasteiger partial charge in [0.05, 0.1) is 12.3 Å². The second-order valence-corrected chi connectivity index (χ2v) is 4.29. The number of nitrogens with zero attached hydrogens (tertiary/aromatic N) is 1. The van der Waals surface area contributed by atoms with Crippen LogP contribution < -0.4 is 0 Å². The molecule has 2 N–H and O–H groups in total. The number of aliphatic hydroxyl groups is 1. The van der Waals surface area contributed by atoms with Gasteiger partial charge in [-0.2, -0.15) is 0 Å². The third-order valence-electron chi connectivity index (χ3n) is 2.99. The van der Waals surface area contributed by atoms with Crippen LogP contribution in [0.2, 0.25) is 0 Å². The van der Waals surface area contributed by atoms with Crippen LogP contribution in [0.5, 0.6) is 0 Å². The summed E-state index contributed by atoms with van der Waals surface area (Å²) in [4.78, 5) is 3.00. The van der Waals surface area contributed by atoms with Crippen LogP contribution in [0.1, 0.15) is 43.8 Å². The zero-order valence-corrected chi connectivity index (χ0v) is 9.02. The number of hydrogen-bond donors (Lipinski definition) is 2. The number of nitrogens with one attached hydrogen (secondary N) is 1. The summed E-state index contributed by atoms with van der Waals surface area (Å²) in [5.41, 5.74) is 0.918. The van der Waals surface area contributed by atoms with E-state index in [0.29, 0.717) is 6.04 Å². The molecule has 1 aliphatic carbocycles. The Morgan fingerprint density at radius 2 is 2.14 bits per heavy atom. The van der Waals surface area contributed by atoms with E-state index in [0.717, 1.165) is 10.5 Å². The van der Waals surface area contributed by atoms with Crippen molar-refractivity contribution >= 4 is 12.2 Å². The Labute approximate surface area is 88.8 Å². The van der Waals surface area contributed by atoms with Crippen LogP contribution in [0.4, 0.5) is 0 Å². The topological polar surface area (TPSA) is 40.9 Å². The van der Waals surface area contributed by atoms with Crippen molar-refractivity contribution in [3.05, 3.63) is 16.7 Å². The fourth-order valence-corrected chi connectivity index (χ4v) is 2.60. The molecule has 0 spiro atoms. The zero-order valence-electron chi connectivity index (χ0n) is 8.20. The van der Waals surface area contributed by atoms with Gasteiger partial charge in [-0.15, -0.1) is 0 Å². The maximum absolute atomic E-state index is 9.18. The summed E-state index contributed by atoms with van der Waals surface area (Å²) in [6.07, 6.45) is 8.10. The van der Waals surface area contributed by atoms with Gasteiger partial charge in [0.15, 0.2) is 4.77 Å². The van der Waals surface area contributed by atoms with Crippen LogP contribution in [-0.2, 0) is 6.61 Å². The van der Waals surface area contributed by atoms with Crippen LogP contribution in [0.25, 0.3) is 0 Å². The predicted molar refractivity (Wildman–Crippen MR) is 57.7 cm³/mol. The predicted octanol–water partition coefficient (Wildman–Crippen LogP) is 2.54. The quantitative estimate of drug-likeness (QED) is 0.740. The maximum Gasteiger partial charge on any atom is 0.177 e. The first-order chi connectivity index (χ1) is 6.83. The van der Waals surface area contributed by atoms with Gasteiger partial charge in [0, 0.05) is 12.2 Å². The fourth-order valence-electron chi connectivity index (χ4n) is 2.28. The van der Waals surface area contributed by atoms with E-state index >= 15 is 0 Å². The Morgan fingerprint density at radius 3 is 2.79 bits per heavy atom. The van der Waals surface area contributed by atoms with Gasteiger partial charge < -0.3 is 14.7 Å². The van der Waals surface area contributed by atoms with Crippen molar-refractivity contribution in [2.75, 3.05) is 0 Å². The normalized spacial score (nSPS) is 18.6. The number of H-pyrrole nitrogens is 1. The van der Waals surface area contributed by atoms with Crippen LogP contribution in [0, 0.1) is 4.77 Å². The molecular formula is C10H16N2OS. The van der Waals surface area contributed by atoms with Crippen molar-refractivity contribution in [1.29, 1.82) is 0 Å². The summed E-state index contributed by atoms with van der Waals surface area (Å²) in [7, 11) is 0. The van der Waals surface area contributed by atoms with Gasteiger partial charge in [-0.25, -0.2) is 0 Å². The van der Waals surface area contributed by atoms with Crippen molar-refractivity contribution in [1.82, 2.24) is 9.55 Å². The van der Waals surface area contributed by atoms with Gasteiger partial charge >= 0.3 is 0 Å². The van der Waals surface area contributed by atoms with Gasteiger partial charge in [-0.3, -0.25) is 0 Å². The van der Waals surface area contributed by atoms with Crippen LogP contribution in [0.15, 0.2) is 6.20 Å². The Balaban J connectivity index is 2.28. The zero-order chi connectivity index (χ0) is 9.97. The molecule has 0 aliphatic heterocycles. The lowest BCUT2D eigenvalue weighted by atomic mass is 9.95. The summed E-state index contributed by atoms with van der Waals surface area (Å²) in [5.74, 6) is 0. The minimum absolute atomic E-state index is 0.0731. The number of hydrogen-bond acceptors (Lipinski definition) is 2. The molecule has 1 saturated carbocycles. The highest BCUT2D eigenvalue weighted by molar-refractivity contribution is 7.71. The highest BCUT2D eigenvalue weighted by Gasteiger charge is 2.17. The number of imidazole rings is 1. The molecule has 78 valence electrons. The molecule has 3 nitrogen and oxygen atoms in total. The number of rotatable bonds is 2. The number of aliphatic hydroxyl groups excluding tert-OH is 1. The molecule has 0 atom stereocenters. The monoisotopic (exact) mass is 212 g/mol. The summed E-state index contributed by atoms with van der Waals surface area (Å²) < 4.78 is 2.84. The Hall–Kier alpha value is -0.610. The van der Waals surface area contributed by atoms with Crippen LogP contribution in [0.3, 0.4) is 0 Å². The molecule has 0 radical (unpaired) electrons. The molecule has 4 heteroatoms. The minimum atomic E-state index is 0.0731. The highest BCUT2D eigenvalue weighted by Crippen LogP contribution is 2.29. The molecule has 0 amide bonds. The molecule has 0 unspecified atom stereocenters. The highest BCUT2D eigenvalue weighted by atomic mass is 32.1. The first-order valence-electron chi connectivity index (χ1n) is 5.22. The molecular weight excluding hydrogens is 196 g/mol. The lowest BCUT2D eigenvalue weighted by molar-refractivity contribution is 0.256. The van der Waals surface area contributed by atoms with E-state index in [1.54, 1.807) is 0 Å². The smallest absolute Gasteiger partial charge is 0.177 e. The standard InChI is InChI=1S/C10H16N2OS/c13-7-9-6-11-10(14)12(9)8-4-2-1-3-5-8/h6,8,13H,1-5,7H2,(H,11,14). The third kappa shape index (κ3) is 1.77. The Bertz CT molecular complexity index is 349. The molecule has 1 aliphatic rings. The molecule has 0 bridgehead atoms. The van der Waals surface area contributed by atoms with E-state index in [1.165, 1.54) is 32.1 Å². The number of aromatic nitrogens is 2. The molecule has 1 fully saturated rings. The third-order valence-corrected chi connectivity index (χ3v) is 3.31. The van der Waals surface area contributed by atoms with E-state index in [2.05, 4.69) is 9.55 Å². The number of aromatic amines is 1. The average Bonchev–Trinajstić information content (AvgIpc) is 2.61. The molecule has 14 heavy (non-hydrogen) atoms. The van der Waals surface area contributed by atoms with Gasteiger partial charge in [-0.05, 0) is 25.1 Å². The van der Waals surface area contributed by atoms with Crippen molar-refractivity contribution in [2.24, 2.45) is 0 Å². The summed E-state index contributed by atoms with van der Waals surface area (Å²) in [5, 5.41) is 9.18. The summed E-state index contributed by atoms with van der Waals surface area (Å²) in [6, 6.07) is 0.504. The lowest BCUT2D eigenvalue weighted by Gasteiger charge is -2.24. The van der Waals surface area contributed by atoms with Crippen molar-refractivity contribution in [3.63, 3.8) is 0 Å².